The van der Waals surface area contributed by atoms with Crippen LogP contribution in [0.1, 0.15) is 33.3 Å². The molecule has 0 unspecified atom stereocenters. The minimum atomic E-state index is -0.794. The summed E-state index contributed by atoms with van der Waals surface area (Å²) in [6.45, 7) is 8.88. The van der Waals surface area contributed by atoms with Crippen LogP contribution < -0.4 is 10.1 Å². The SMILES string of the molecule is CC(C)NCc1ccc(OCC(C)(C)O)cc1. The summed E-state index contributed by atoms with van der Waals surface area (Å²) in [5.41, 5.74) is 0.437. The van der Waals surface area contributed by atoms with Gasteiger partial charge in [0.25, 0.3) is 0 Å². The monoisotopic (exact) mass is 237 g/mol. The van der Waals surface area contributed by atoms with Crippen molar-refractivity contribution in [1.82, 2.24) is 5.32 Å². The molecule has 0 spiro atoms. The Labute approximate surface area is 104 Å². The summed E-state index contributed by atoms with van der Waals surface area (Å²) in [6.07, 6.45) is 0. The molecule has 0 aromatic heterocycles. The van der Waals surface area contributed by atoms with Crippen molar-refractivity contribution in [2.75, 3.05) is 6.61 Å². The maximum absolute atomic E-state index is 9.54. The normalized spacial score (nSPS) is 11.9. The highest BCUT2D eigenvalue weighted by Gasteiger charge is 2.13. The molecule has 0 fully saturated rings. The van der Waals surface area contributed by atoms with Crippen molar-refractivity contribution < 1.29 is 9.84 Å². The maximum Gasteiger partial charge on any atom is 0.119 e. The Morgan fingerprint density at radius 2 is 1.82 bits per heavy atom. The summed E-state index contributed by atoms with van der Waals surface area (Å²) >= 11 is 0. The number of ether oxygens (including phenoxy) is 1. The van der Waals surface area contributed by atoms with Crippen LogP contribution in [0.3, 0.4) is 0 Å². The molecule has 1 aromatic rings. The number of hydrogen-bond donors (Lipinski definition) is 2. The first-order valence-corrected chi connectivity index (χ1v) is 6.04. The summed E-state index contributed by atoms with van der Waals surface area (Å²) in [5, 5.41) is 12.9. The summed E-state index contributed by atoms with van der Waals surface area (Å²) in [5.74, 6) is 0.792. The van der Waals surface area contributed by atoms with Gasteiger partial charge < -0.3 is 15.2 Å². The largest absolute Gasteiger partial charge is 0.491 e. The molecule has 96 valence electrons. The Hall–Kier alpha value is -1.06. The van der Waals surface area contributed by atoms with Crippen molar-refractivity contribution >= 4 is 0 Å². The van der Waals surface area contributed by atoms with Crippen LogP contribution in [-0.2, 0) is 6.54 Å². The molecular weight excluding hydrogens is 214 g/mol. The molecule has 1 rings (SSSR count). The van der Waals surface area contributed by atoms with E-state index in [-0.39, 0.29) is 0 Å². The third kappa shape index (κ3) is 6.29. The number of nitrogens with one attached hydrogen (secondary N) is 1. The second-order valence-electron chi connectivity index (χ2n) is 5.28. The second kappa shape index (κ2) is 6.03. The quantitative estimate of drug-likeness (QED) is 0.798. The average Bonchev–Trinajstić information content (AvgIpc) is 2.24. The van der Waals surface area contributed by atoms with E-state index in [1.807, 2.05) is 24.3 Å². The highest BCUT2D eigenvalue weighted by atomic mass is 16.5. The van der Waals surface area contributed by atoms with E-state index in [1.165, 1.54) is 5.56 Å². The third-order valence-electron chi connectivity index (χ3n) is 2.23. The standard InChI is InChI=1S/C14H23NO2/c1-11(2)15-9-12-5-7-13(8-6-12)17-10-14(3,4)16/h5-8,11,15-16H,9-10H2,1-4H3. The fourth-order valence-corrected chi connectivity index (χ4v) is 1.29. The highest BCUT2D eigenvalue weighted by molar-refractivity contribution is 5.27. The van der Waals surface area contributed by atoms with Crippen LogP contribution in [0.5, 0.6) is 5.75 Å². The van der Waals surface area contributed by atoms with E-state index in [0.29, 0.717) is 12.6 Å². The Morgan fingerprint density at radius 3 is 2.29 bits per heavy atom. The van der Waals surface area contributed by atoms with Gasteiger partial charge in [0.2, 0.25) is 0 Å². The molecule has 0 atom stereocenters. The predicted molar refractivity (Wildman–Crippen MR) is 70.2 cm³/mol. The number of benzene rings is 1. The van der Waals surface area contributed by atoms with Crippen LogP contribution >= 0.6 is 0 Å². The van der Waals surface area contributed by atoms with Crippen LogP contribution in [0.4, 0.5) is 0 Å². The topological polar surface area (TPSA) is 41.5 Å². The van der Waals surface area contributed by atoms with Gasteiger partial charge >= 0.3 is 0 Å². The van der Waals surface area contributed by atoms with Gasteiger partial charge in [-0.3, -0.25) is 0 Å². The summed E-state index contributed by atoms with van der Waals surface area (Å²) in [4.78, 5) is 0. The van der Waals surface area contributed by atoms with Crippen molar-refractivity contribution in [3.05, 3.63) is 29.8 Å². The molecular formula is C14H23NO2. The van der Waals surface area contributed by atoms with Crippen LogP contribution in [0, 0.1) is 0 Å². The van der Waals surface area contributed by atoms with Gasteiger partial charge in [0.1, 0.15) is 12.4 Å². The lowest BCUT2D eigenvalue weighted by Crippen LogP contribution is -2.27. The minimum absolute atomic E-state index is 0.302. The molecule has 0 radical (unpaired) electrons. The molecule has 0 aliphatic heterocycles. The van der Waals surface area contributed by atoms with Crippen LogP contribution in [0.2, 0.25) is 0 Å². The Morgan fingerprint density at radius 1 is 1.24 bits per heavy atom. The predicted octanol–water partition coefficient (Wildman–Crippen LogP) is 2.33. The molecule has 3 heteroatoms. The highest BCUT2D eigenvalue weighted by Crippen LogP contribution is 2.14. The van der Waals surface area contributed by atoms with Gasteiger partial charge in [0.05, 0.1) is 5.60 Å². The Balaban J connectivity index is 2.45. The Bertz CT molecular complexity index is 325. The van der Waals surface area contributed by atoms with Crippen molar-refractivity contribution in [2.24, 2.45) is 0 Å². The third-order valence-corrected chi connectivity index (χ3v) is 2.23. The summed E-state index contributed by atoms with van der Waals surface area (Å²) in [7, 11) is 0. The van der Waals surface area contributed by atoms with Crippen molar-refractivity contribution in [2.45, 2.75) is 45.9 Å². The van der Waals surface area contributed by atoms with E-state index < -0.39 is 5.60 Å². The first-order valence-electron chi connectivity index (χ1n) is 6.04. The second-order valence-corrected chi connectivity index (χ2v) is 5.28. The Kier molecular flexibility index (Phi) is 4.97. The summed E-state index contributed by atoms with van der Waals surface area (Å²) in [6, 6.07) is 8.43. The number of rotatable bonds is 6. The first kappa shape index (κ1) is 14.0. The maximum atomic E-state index is 9.54. The average molecular weight is 237 g/mol. The zero-order chi connectivity index (χ0) is 12.9. The fourth-order valence-electron chi connectivity index (χ4n) is 1.29. The van der Waals surface area contributed by atoms with Crippen molar-refractivity contribution in [3.63, 3.8) is 0 Å². The zero-order valence-electron chi connectivity index (χ0n) is 11.2. The van der Waals surface area contributed by atoms with E-state index in [0.717, 1.165) is 12.3 Å². The van der Waals surface area contributed by atoms with Gasteiger partial charge in [-0.2, -0.15) is 0 Å². The van der Waals surface area contributed by atoms with E-state index >= 15 is 0 Å². The van der Waals surface area contributed by atoms with Crippen LogP contribution in [-0.4, -0.2) is 23.4 Å². The molecule has 17 heavy (non-hydrogen) atoms. The van der Waals surface area contributed by atoms with Gasteiger partial charge in [0.15, 0.2) is 0 Å². The summed E-state index contributed by atoms with van der Waals surface area (Å²) < 4.78 is 5.48. The molecule has 3 nitrogen and oxygen atoms in total. The lowest BCUT2D eigenvalue weighted by molar-refractivity contribution is 0.0285. The molecule has 0 saturated heterocycles. The molecule has 0 saturated carbocycles. The zero-order valence-corrected chi connectivity index (χ0v) is 11.2. The smallest absolute Gasteiger partial charge is 0.119 e. The lowest BCUT2D eigenvalue weighted by atomic mass is 10.1. The van der Waals surface area contributed by atoms with E-state index in [2.05, 4.69) is 19.2 Å². The van der Waals surface area contributed by atoms with Gasteiger partial charge in [-0.25, -0.2) is 0 Å². The van der Waals surface area contributed by atoms with Crippen LogP contribution in [0.15, 0.2) is 24.3 Å². The van der Waals surface area contributed by atoms with Gasteiger partial charge in [-0.15, -0.1) is 0 Å². The van der Waals surface area contributed by atoms with Crippen molar-refractivity contribution in [3.8, 4) is 5.75 Å². The van der Waals surface area contributed by atoms with E-state index in [9.17, 15) is 5.11 Å². The van der Waals surface area contributed by atoms with Crippen molar-refractivity contribution in [1.29, 1.82) is 0 Å². The van der Waals surface area contributed by atoms with E-state index in [4.69, 9.17) is 4.74 Å². The number of aliphatic hydroxyl groups is 1. The van der Waals surface area contributed by atoms with Gasteiger partial charge in [-0.1, -0.05) is 26.0 Å². The van der Waals surface area contributed by atoms with Crippen LogP contribution in [0.25, 0.3) is 0 Å². The minimum Gasteiger partial charge on any atom is -0.491 e. The molecule has 0 bridgehead atoms. The molecule has 0 heterocycles. The molecule has 0 amide bonds. The fraction of sp³-hybridized carbons (Fsp3) is 0.571. The van der Waals surface area contributed by atoms with E-state index in [1.54, 1.807) is 13.8 Å². The molecule has 1 aromatic carbocycles. The number of hydrogen-bond acceptors (Lipinski definition) is 3. The van der Waals surface area contributed by atoms with Gasteiger partial charge in [-0.05, 0) is 31.5 Å². The first-order chi connectivity index (χ1) is 7.87. The lowest BCUT2D eigenvalue weighted by Gasteiger charge is -2.18. The molecule has 0 aliphatic rings. The van der Waals surface area contributed by atoms with Gasteiger partial charge in [0, 0.05) is 12.6 Å². The molecule has 0 aliphatic carbocycles. The molecule has 2 N–H and O–H groups in total.